The van der Waals surface area contributed by atoms with Gasteiger partial charge in [-0.2, -0.15) is 0 Å². The van der Waals surface area contributed by atoms with E-state index in [-0.39, 0.29) is 24.5 Å². The van der Waals surface area contributed by atoms with Gasteiger partial charge >= 0.3 is 5.97 Å². The Bertz CT molecular complexity index is 604. The molecule has 5 heteroatoms. The van der Waals surface area contributed by atoms with E-state index in [1.807, 2.05) is 32.9 Å². The maximum absolute atomic E-state index is 12.4. The molecule has 1 aromatic carbocycles. The summed E-state index contributed by atoms with van der Waals surface area (Å²) >= 11 is 0. The van der Waals surface area contributed by atoms with Gasteiger partial charge in [-0.3, -0.25) is 4.79 Å². The Morgan fingerprint density at radius 2 is 1.88 bits per heavy atom. The molecule has 1 amide bonds. The summed E-state index contributed by atoms with van der Waals surface area (Å²) in [5, 5.41) is 11.9. The monoisotopic (exact) mass is 333 g/mol. The average Bonchev–Trinajstić information content (AvgIpc) is 2.52. The fourth-order valence-corrected chi connectivity index (χ4v) is 2.86. The minimum absolute atomic E-state index is 0.239. The van der Waals surface area contributed by atoms with Gasteiger partial charge in [0, 0.05) is 18.6 Å². The maximum atomic E-state index is 12.4. The van der Waals surface area contributed by atoms with Gasteiger partial charge in [-0.1, -0.05) is 6.07 Å². The molecule has 1 aliphatic carbocycles. The number of aryl methyl sites for hydroxylation is 2. The van der Waals surface area contributed by atoms with Gasteiger partial charge in [-0.05, 0) is 69.7 Å². The molecule has 2 N–H and O–H groups in total. The van der Waals surface area contributed by atoms with E-state index in [1.165, 1.54) is 17.5 Å². The highest BCUT2D eigenvalue weighted by molar-refractivity contribution is 5.96. The zero-order chi connectivity index (χ0) is 17.7. The van der Waals surface area contributed by atoms with Crippen molar-refractivity contribution >= 4 is 11.9 Å². The van der Waals surface area contributed by atoms with Crippen LogP contribution in [0.15, 0.2) is 18.2 Å². The molecule has 1 unspecified atom stereocenters. The Balaban J connectivity index is 1.98. The first-order valence-electron chi connectivity index (χ1n) is 8.56. The smallest absolute Gasteiger partial charge is 0.326 e. The highest BCUT2D eigenvalue weighted by Gasteiger charge is 2.22. The molecular formula is C19H27NO4. The number of hydrogen-bond donors (Lipinski definition) is 2. The molecule has 0 bridgehead atoms. The Morgan fingerprint density at radius 3 is 2.50 bits per heavy atom. The van der Waals surface area contributed by atoms with Gasteiger partial charge in [0.1, 0.15) is 6.04 Å². The molecule has 1 aromatic rings. The highest BCUT2D eigenvalue weighted by Crippen LogP contribution is 2.22. The van der Waals surface area contributed by atoms with E-state index in [4.69, 9.17) is 4.74 Å². The zero-order valence-corrected chi connectivity index (χ0v) is 14.7. The lowest BCUT2D eigenvalue weighted by molar-refractivity contribution is -0.140. The number of rotatable bonds is 6. The number of hydrogen-bond acceptors (Lipinski definition) is 3. The molecule has 1 atom stereocenters. The molecule has 1 aliphatic rings. The molecule has 2 rings (SSSR count). The quantitative estimate of drug-likeness (QED) is 0.839. The normalized spacial score (nSPS) is 15.5. The summed E-state index contributed by atoms with van der Waals surface area (Å²) in [6.07, 6.45) is 4.61. The summed E-state index contributed by atoms with van der Waals surface area (Å²) in [4.78, 5) is 23.8. The number of amides is 1. The molecule has 132 valence electrons. The van der Waals surface area contributed by atoms with Crippen LogP contribution >= 0.6 is 0 Å². The van der Waals surface area contributed by atoms with Gasteiger partial charge in [0.2, 0.25) is 0 Å². The number of carboxylic acid groups (broad SMARTS) is 1. The standard InChI is InChI=1S/C19H27NO4/c1-19(2,3)24-11-10-16(18(22)23)20-17(21)15-9-8-13-6-4-5-7-14(13)12-15/h8-9,12,16H,4-7,10-11H2,1-3H3,(H,20,21)(H,22,23). The van der Waals surface area contributed by atoms with Crippen molar-refractivity contribution in [3.8, 4) is 0 Å². The number of aliphatic carboxylic acids is 1. The Morgan fingerprint density at radius 1 is 1.21 bits per heavy atom. The third-order valence-electron chi connectivity index (χ3n) is 4.16. The molecule has 5 nitrogen and oxygen atoms in total. The number of carboxylic acids is 1. The summed E-state index contributed by atoms with van der Waals surface area (Å²) in [7, 11) is 0. The van der Waals surface area contributed by atoms with Gasteiger partial charge in [0.15, 0.2) is 0 Å². The molecule has 0 aromatic heterocycles. The lowest BCUT2D eigenvalue weighted by Gasteiger charge is -2.22. The summed E-state index contributed by atoms with van der Waals surface area (Å²) in [5.74, 6) is -1.38. The number of carbonyl (C=O) groups is 2. The van der Waals surface area contributed by atoms with Crippen molar-refractivity contribution in [2.24, 2.45) is 0 Å². The van der Waals surface area contributed by atoms with Crippen molar-refractivity contribution in [2.45, 2.75) is 64.5 Å². The molecule has 0 spiro atoms. The molecule has 0 radical (unpaired) electrons. The third-order valence-corrected chi connectivity index (χ3v) is 4.16. The fourth-order valence-electron chi connectivity index (χ4n) is 2.86. The molecule has 0 fully saturated rings. The van der Waals surface area contributed by atoms with Gasteiger partial charge in [-0.25, -0.2) is 4.79 Å². The van der Waals surface area contributed by atoms with Crippen LogP contribution in [-0.2, 0) is 22.4 Å². The fraction of sp³-hybridized carbons (Fsp3) is 0.579. The lowest BCUT2D eigenvalue weighted by Crippen LogP contribution is -2.42. The third kappa shape index (κ3) is 5.34. The number of carbonyl (C=O) groups excluding carboxylic acids is 1. The van der Waals surface area contributed by atoms with Crippen molar-refractivity contribution < 1.29 is 19.4 Å². The largest absolute Gasteiger partial charge is 0.480 e. The SMILES string of the molecule is CC(C)(C)OCCC(NC(=O)c1ccc2c(c1)CCCC2)C(=O)O. The van der Waals surface area contributed by atoms with Crippen LogP contribution in [0.25, 0.3) is 0 Å². The van der Waals surface area contributed by atoms with Crippen molar-refractivity contribution in [2.75, 3.05) is 6.61 Å². The van der Waals surface area contributed by atoms with E-state index in [2.05, 4.69) is 5.32 Å². The molecule has 0 aliphatic heterocycles. The Kier molecular flexibility index (Phi) is 5.99. The maximum Gasteiger partial charge on any atom is 0.326 e. The number of ether oxygens (including phenoxy) is 1. The van der Waals surface area contributed by atoms with Gasteiger partial charge in [-0.15, -0.1) is 0 Å². The van der Waals surface area contributed by atoms with Crippen LogP contribution in [0.2, 0.25) is 0 Å². The second kappa shape index (κ2) is 7.79. The lowest BCUT2D eigenvalue weighted by atomic mass is 9.90. The van der Waals surface area contributed by atoms with Crippen LogP contribution in [0.1, 0.15) is 61.5 Å². The highest BCUT2D eigenvalue weighted by atomic mass is 16.5. The number of fused-ring (bicyclic) bond motifs is 1. The van der Waals surface area contributed by atoms with Crippen LogP contribution in [-0.4, -0.2) is 35.2 Å². The van der Waals surface area contributed by atoms with Crippen molar-refractivity contribution in [3.63, 3.8) is 0 Å². The van der Waals surface area contributed by atoms with E-state index in [0.717, 1.165) is 19.3 Å². The number of nitrogens with one attached hydrogen (secondary N) is 1. The van der Waals surface area contributed by atoms with E-state index in [9.17, 15) is 14.7 Å². The minimum atomic E-state index is -1.04. The van der Waals surface area contributed by atoms with E-state index < -0.39 is 12.0 Å². The minimum Gasteiger partial charge on any atom is -0.480 e. The predicted octanol–water partition coefficient (Wildman–Crippen LogP) is 2.95. The topological polar surface area (TPSA) is 75.6 Å². The van der Waals surface area contributed by atoms with E-state index in [0.29, 0.717) is 5.56 Å². The number of benzene rings is 1. The van der Waals surface area contributed by atoms with Gasteiger partial charge < -0.3 is 15.2 Å². The summed E-state index contributed by atoms with van der Waals surface area (Å²) in [6, 6.07) is 4.72. The van der Waals surface area contributed by atoms with Crippen LogP contribution in [0, 0.1) is 0 Å². The second-order valence-electron chi connectivity index (χ2n) is 7.30. The molecular weight excluding hydrogens is 306 g/mol. The Labute approximate surface area is 143 Å². The summed E-state index contributed by atoms with van der Waals surface area (Å²) in [5.41, 5.74) is 2.70. The van der Waals surface area contributed by atoms with Crippen LogP contribution < -0.4 is 5.32 Å². The van der Waals surface area contributed by atoms with Gasteiger partial charge in [0.05, 0.1) is 5.60 Å². The van der Waals surface area contributed by atoms with Crippen LogP contribution in [0.3, 0.4) is 0 Å². The first-order valence-corrected chi connectivity index (χ1v) is 8.56. The zero-order valence-electron chi connectivity index (χ0n) is 14.7. The predicted molar refractivity (Wildman–Crippen MR) is 92.3 cm³/mol. The average molecular weight is 333 g/mol. The Hall–Kier alpha value is -1.88. The van der Waals surface area contributed by atoms with Crippen molar-refractivity contribution in [1.29, 1.82) is 0 Å². The first-order chi connectivity index (χ1) is 11.3. The van der Waals surface area contributed by atoms with Gasteiger partial charge in [0.25, 0.3) is 5.91 Å². The van der Waals surface area contributed by atoms with Crippen molar-refractivity contribution in [3.05, 3.63) is 34.9 Å². The molecule has 0 saturated carbocycles. The van der Waals surface area contributed by atoms with Crippen LogP contribution in [0.5, 0.6) is 0 Å². The second-order valence-corrected chi connectivity index (χ2v) is 7.30. The van der Waals surface area contributed by atoms with E-state index >= 15 is 0 Å². The first kappa shape index (κ1) is 18.5. The molecule has 0 heterocycles. The molecule has 24 heavy (non-hydrogen) atoms. The van der Waals surface area contributed by atoms with Crippen LogP contribution in [0.4, 0.5) is 0 Å². The summed E-state index contributed by atoms with van der Waals surface area (Å²) in [6.45, 7) is 6.02. The molecule has 0 saturated heterocycles. The van der Waals surface area contributed by atoms with Crippen molar-refractivity contribution in [1.82, 2.24) is 5.32 Å². The van der Waals surface area contributed by atoms with E-state index in [1.54, 1.807) is 6.07 Å². The summed E-state index contributed by atoms with van der Waals surface area (Å²) < 4.78 is 5.56.